The van der Waals surface area contributed by atoms with Crippen LogP contribution in [-0.4, -0.2) is 38.0 Å². The number of aliphatic hydroxyl groups excluding tert-OH is 1. The molecule has 0 aliphatic heterocycles. The van der Waals surface area contributed by atoms with Gasteiger partial charge in [0.25, 0.3) is 0 Å². The number of benzene rings is 2. The van der Waals surface area contributed by atoms with E-state index in [9.17, 15) is 31.5 Å². The molecule has 1 fully saturated rings. The summed E-state index contributed by atoms with van der Waals surface area (Å²) < 4.78 is 77.0. The third-order valence-corrected chi connectivity index (χ3v) is 7.41. The predicted octanol–water partition coefficient (Wildman–Crippen LogP) is 3.95. The van der Waals surface area contributed by atoms with Gasteiger partial charge in [-0.2, -0.15) is 13.2 Å². The molecule has 4 rings (SSSR count). The highest BCUT2D eigenvalue weighted by molar-refractivity contribution is 7.90. The lowest BCUT2D eigenvalue weighted by molar-refractivity contribution is -0.137. The van der Waals surface area contributed by atoms with Crippen molar-refractivity contribution in [1.82, 2.24) is 4.72 Å². The van der Waals surface area contributed by atoms with Gasteiger partial charge in [0.2, 0.25) is 10.0 Å². The minimum Gasteiger partial charge on any atom is -0.490 e. The summed E-state index contributed by atoms with van der Waals surface area (Å²) in [6.45, 7) is -0.881. The molecule has 34 heavy (non-hydrogen) atoms. The second-order valence-corrected chi connectivity index (χ2v) is 10.3. The summed E-state index contributed by atoms with van der Waals surface area (Å²) in [6, 6.07) is 8.27. The fourth-order valence-electron chi connectivity index (χ4n) is 3.25. The van der Waals surface area contributed by atoms with Gasteiger partial charge in [-0.1, -0.05) is 17.7 Å². The van der Waals surface area contributed by atoms with E-state index >= 15 is 0 Å². The first kappa shape index (κ1) is 24.5. The van der Waals surface area contributed by atoms with Crippen LogP contribution in [0.3, 0.4) is 0 Å². The van der Waals surface area contributed by atoms with E-state index in [4.69, 9.17) is 20.8 Å². The lowest BCUT2D eigenvalue weighted by Gasteiger charge is -2.17. The molecule has 0 spiro atoms. The topological polar surface area (TPSA) is 106 Å². The molecule has 1 aliphatic rings. The minimum atomic E-state index is -4.68. The fourth-order valence-corrected chi connectivity index (χ4v) is 4.88. The lowest BCUT2D eigenvalue weighted by Crippen LogP contribution is -2.37. The zero-order valence-electron chi connectivity index (χ0n) is 17.4. The molecule has 12 heteroatoms. The van der Waals surface area contributed by atoms with Crippen LogP contribution in [0.4, 0.5) is 13.2 Å². The van der Waals surface area contributed by atoms with Crippen LogP contribution in [0.2, 0.25) is 5.02 Å². The largest absolute Gasteiger partial charge is 0.490 e. The number of nitrogens with one attached hydrogen (secondary N) is 1. The number of hydrogen-bond acceptors (Lipinski definition) is 6. The molecule has 1 aromatic heterocycles. The number of rotatable bonds is 8. The Morgan fingerprint density at radius 1 is 1.21 bits per heavy atom. The summed E-state index contributed by atoms with van der Waals surface area (Å²) >= 11 is 6.11. The SMILES string of the molecule is O=c1cc(-c2ccc(C(F)(F)F)cc2OCC(O)CNS(=O)(=O)C2CC2)oc2c(Cl)cccc12. The van der Waals surface area contributed by atoms with Crippen molar-refractivity contribution in [2.75, 3.05) is 13.2 Å². The summed E-state index contributed by atoms with van der Waals surface area (Å²) in [5.41, 5.74) is -1.39. The maximum absolute atomic E-state index is 13.3. The highest BCUT2D eigenvalue weighted by Crippen LogP contribution is 2.38. The molecule has 1 unspecified atom stereocenters. The first-order chi connectivity index (χ1) is 16.0. The molecule has 0 saturated heterocycles. The van der Waals surface area contributed by atoms with Crippen LogP contribution in [0.1, 0.15) is 18.4 Å². The van der Waals surface area contributed by atoms with Crippen LogP contribution in [0.25, 0.3) is 22.3 Å². The minimum absolute atomic E-state index is 0.0256. The van der Waals surface area contributed by atoms with Crippen LogP contribution in [0, 0.1) is 0 Å². The molecule has 182 valence electrons. The number of ether oxygens (including phenoxy) is 1. The average Bonchev–Trinajstić information content (AvgIpc) is 3.62. The molecule has 7 nitrogen and oxygen atoms in total. The molecule has 0 radical (unpaired) electrons. The van der Waals surface area contributed by atoms with Crippen molar-refractivity contribution in [2.24, 2.45) is 0 Å². The molecule has 1 aliphatic carbocycles. The predicted molar refractivity (Wildman–Crippen MR) is 119 cm³/mol. The second-order valence-electron chi connectivity index (χ2n) is 7.86. The quantitative estimate of drug-likeness (QED) is 0.468. The van der Waals surface area contributed by atoms with Crippen molar-refractivity contribution in [3.63, 3.8) is 0 Å². The second kappa shape index (κ2) is 9.21. The van der Waals surface area contributed by atoms with Crippen LogP contribution < -0.4 is 14.9 Å². The molecule has 0 bridgehead atoms. The molecule has 2 aromatic carbocycles. The molecule has 1 heterocycles. The highest BCUT2D eigenvalue weighted by atomic mass is 35.5. The number of alkyl halides is 3. The fraction of sp³-hybridized carbons (Fsp3) is 0.318. The third-order valence-electron chi connectivity index (χ3n) is 5.20. The Bertz CT molecular complexity index is 1390. The third kappa shape index (κ3) is 5.38. The first-order valence-electron chi connectivity index (χ1n) is 10.2. The van der Waals surface area contributed by atoms with Crippen LogP contribution in [0.5, 0.6) is 5.75 Å². The van der Waals surface area contributed by atoms with E-state index in [1.165, 1.54) is 12.1 Å². The van der Waals surface area contributed by atoms with Crippen LogP contribution >= 0.6 is 11.6 Å². The molecule has 1 atom stereocenters. The van der Waals surface area contributed by atoms with Gasteiger partial charge >= 0.3 is 6.18 Å². The lowest BCUT2D eigenvalue weighted by atomic mass is 10.1. The van der Waals surface area contributed by atoms with Crippen LogP contribution in [-0.2, 0) is 16.2 Å². The summed E-state index contributed by atoms with van der Waals surface area (Å²) in [6.07, 6.45) is -4.94. The summed E-state index contributed by atoms with van der Waals surface area (Å²) in [4.78, 5) is 12.5. The Kier molecular flexibility index (Phi) is 6.65. The number of para-hydroxylation sites is 1. The zero-order chi connectivity index (χ0) is 24.7. The maximum atomic E-state index is 13.3. The Morgan fingerprint density at radius 3 is 2.62 bits per heavy atom. The van der Waals surface area contributed by atoms with Crippen molar-refractivity contribution in [3.05, 3.63) is 63.3 Å². The first-order valence-corrected chi connectivity index (χ1v) is 12.1. The standard InChI is InChI=1S/C22H19ClF3NO6S/c23-17-3-1-2-15-18(29)9-20(33-21(15)17)16-7-4-12(22(24,25)26)8-19(16)32-11-13(28)10-27-34(30,31)14-5-6-14/h1-4,7-9,13-14,27-28H,5-6,10-11H2. The van der Waals surface area contributed by atoms with Crippen molar-refractivity contribution >= 4 is 32.6 Å². The van der Waals surface area contributed by atoms with E-state index < -0.39 is 45.2 Å². The van der Waals surface area contributed by atoms with Crippen molar-refractivity contribution < 1.29 is 35.8 Å². The van der Waals surface area contributed by atoms with Gasteiger partial charge in [-0.05, 0) is 43.2 Å². The van der Waals surface area contributed by atoms with Crippen LogP contribution in [0.15, 0.2) is 51.7 Å². The summed E-state index contributed by atoms with van der Waals surface area (Å²) in [5.74, 6) is -0.397. The average molecular weight is 518 g/mol. The number of sulfonamides is 1. The highest BCUT2D eigenvalue weighted by Gasteiger charge is 2.36. The molecular formula is C22H19ClF3NO6S. The Hall–Kier alpha value is -2.60. The Balaban J connectivity index is 1.64. The van der Waals surface area contributed by atoms with Gasteiger partial charge in [0.15, 0.2) is 11.0 Å². The Labute approximate surface area is 197 Å². The van der Waals surface area contributed by atoms with E-state index in [0.717, 1.165) is 18.2 Å². The monoisotopic (exact) mass is 517 g/mol. The normalized spacial score (nSPS) is 15.4. The maximum Gasteiger partial charge on any atom is 0.416 e. The van der Waals surface area contributed by atoms with Gasteiger partial charge in [0.1, 0.15) is 24.2 Å². The Morgan fingerprint density at radius 2 is 1.94 bits per heavy atom. The van der Waals surface area contributed by atoms with Gasteiger partial charge in [0, 0.05) is 12.6 Å². The summed E-state index contributed by atoms with van der Waals surface area (Å²) in [5, 5.41) is 9.98. The number of hydrogen-bond donors (Lipinski definition) is 2. The van der Waals surface area contributed by atoms with Gasteiger partial charge in [-0.3, -0.25) is 4.79 Å². The molecule has 1 saturated carbocycles. The van der Waals surface area contributed by atoms with Gasteiger partial charge in [-0.25, -0.2) is 13.1 Å². The van der Waals surface area contributed by atoms with Crippen molar-refractivity contribution in [3.8, 4) is 17.1 Å². The van der Waals surface area contributed by atoms with Gasteiger partial charge in [-0.15, -0.1) is 0 Å². The summed E-state index contributed by atoms with van der Waals surface area (Å²) in [7, 11) is -3.55. The van der Waals surface area contributed by atoms with E-state index in [1.807, 2.05) is 0 Å². The van der Waals surface area contributed by atoms with E-state index in [2.05, 4.69) is 4.72 Å². The van der Waals surface area contributed by atoms with E-state index in [-0.39, 0.29) is 39.6 Å². The van der Waals surface area contributed by atoms with Crippen molar-refractivity contribution in [2.45, 2.75) is 30.4 Å². The number of halogens is 4. The molecule has 3 aromatic rings. The molecule has 2 N–H and O–H groups in total. The molecule has 0 amide bonds. The molecular weight excluding hydrogens is 499 g/mol. The van der Waals surface area contributed by atoms with Gasteiger partial charge in [0.05, 0.1) is 26.8 Å². The zero-order valence-corrected chi connectivity index (χ0v) is 19.0. The smallest absolute Gasteiger partial charge is 0.416 e. The van der Waals surface area contributed by atoms with E-state index in [1.54, 1.807) is 6.07 Å². The van der Waals surface area contributed by atoms with E-state index in [0.29, 0.717) is 18.9 Å². The number of fused-ring (bicyclic) bond motifs is 1. The van der Waals surface area contributed by atoms with Gasteiger partial charge < -0.3 is 14.3 Å². The van der Waals surface area contributed by atoms with Crippen molar-refractivity contribution in [1.29, 1.82) is 0 Å². The number of aliphatic hydroxyl groups is 1.